The summed E-state index contributed by atoms with van der Waals surface area (Å²) in [5.74, 6) is 0.488. The van der Waals surface area contributed by atoms with Gasteiger partial charge in [-0.1, -0.05) is 68.4 Å². The number of rotatable bonds is 5. The number of hydrogen-bond donors (Lipinski definition) is 2. The van der Waals surface area contributed by atoms with Crippen molar-refractivity contribution in [1.82, 2.24) is 4.90 Å². The first-order valence-electron chi connectivity index (χ1n) is 9.70. The molecule has 3 rings (SSSR count). The van der Waals surface area contributed by atoms with Crippen LogP contribution in [0.3, 0.4) is 0 Å². The van der Waals surface area contributed by atoms with E-state index in [1.54, 1.807) is 0 Å². The summed E-state index contributed by atoms with van der Waals surface area (Å²) in [5.41, 5.74) is 2.35. The molecule has 2 aromatic carbocycles. The van der Waals surface area contributed by atoms with Crippen LogP contribution in [0.2, 0.25) is 0 Å². The van der Waals surface area contributed by atoms with Crippen LogP contribution in [-0.4, -0.2) is 34.2 Å². The van der Waals surface area contributed by atoms with E-state index in [9.17, 15) is 10.2 Å². The molecule has 0 spiro atoms. The van der Waals surface area contributed by atoms with Crippen molar-refractivity contribution in [2.75, 3.05) is 13.1 Å². The normalized spacial score (nSPS) is 23.8. The number of nitrogens with zero attached hydrogens (tertiary/aromatic N) is 1. The minimum atomic E-state index is -0.838. The number of hydrogen-bond acceptors (Lipinski definition) is 3. The Kier molecular flexibility index (Phi) is 5.81. The summed E-state index contributed by atoms with van der Waals surface area (Å²) in [6.07, 6.45) is 1.13. The van der Waals surface area contributed by atoms with Gasteiger partial charge in [-0.05, 0) is 48.9 Å². The second-order valence-corrected chi connectivity index (χ2v) is 7.98. The van der Waals surface area contributed by atoms with Crippen molar-refractivity contribution < 1.29 is 10.2 Å². The lowest BCUT2D eigenvalue weighted by atomic mass is 9.84. The van der Waals surface area contributed by atoms with Crippen LogP contribution in [0.25, 0.3) is 0 Å². The molecule has 0 saturated carbocycles. The zero-order valence-corrected chi connectivity index (χ0v) is 16.1. The SMILES string of the molecule is CC(C)c1ccc(C(O)C(C)N2CCCC(O)(c3ccccc3)C2)cc1. The third-order valence-corrected chi connectivity index (χ3v) is 5.79. The van der Waals surface area contributed by atoms with Crippen LogP contribution in [-0.2, 0) is 5.60 Å². The van der Waals surface area contributed by atoms with Gasteiger partial charge in [-0.3, -0.25) is 4.90 Å². The summed E-state index contributed by atoms with van der Waals surface area (Å²) in [7, 11) is 0. The Labute approximate surface area is 157 Å². The van der Waals surface area contributed by atoms with Gasteiger partial charge in [0.1, 0.15) is 5.60 Å². The van der Waals surface area contributed by atoms with Gasteiger partial charge in [0.05, 0.1) is 6.10 Å². The van der Waals surface area contributed by atoms with Crippen molar-refractivity contribution in [2.24, 2.45) is 0 Å². The molecule has 3 nitrogen and oxygen atoms in total. The second-order valence-electron chi connectivity index (χ2n) is 7.98. The lowest BCUT2D eigenvalue weighted by molar-refractivity contribution is -0.0648. The molecule has 0 aromatic heterocycles. The Morgan fingerprint density at radius 3 is 2.15 bits per heavy atom. The maximum atomic E-state index is 11.2. The standard InChI is InChI=1S/C23H31NO2/c1-17(2)19-10-12-20(13-11-19)22(25)18(3)24-15-7-14-23(26,16-24)21-8-5-4-6-9-21/h4-6,8-13,17-18,22,25-26H,7,14-16H2,1-3H3. The molecule has 1 aliphatic heterocycles. The third kappa shape index (κ3) is 4.01. The molecule has 1 aliphatic rings. The fraction of sp³-hybridized carbons (Fsp3) is 0.478. The molecule has 26 heavy (non-hydrogen) atoms. The Bertz CT molecular complexity index is 698. The molecule has 3 atom stereocenters. The fourth-order valence-electron chi connectivity index (χ4n) is 3.96. The van der Waals surface area contributed by atoms with E-state index >= 15 is 0 Å². The summed E-state index contributed by atoms with van der Waals surface area (Å²) in [5, 5.41) is 22.1. The Hall–Kier alpha value is -1.68. The molecule has 1 heterocycles. The molecule has 0 radical (unpaired) electrons. The summed E-state index contributed by atoms with van der Waals surface area (Å²) in [6, 6.07) is 18.1. The molecule has 3 heteroatoms. The van der Waals surface area contributed by atoms with Gasteiger partial charge >= 0.3 is 0 Å². The summed E-state index contributed by atoms with van der Waals surface area (Å²) >= 11 is 0. The molecular formula is C23H31NO2. The Balaban J connectivity index is 1.73. The van der Waals surface area contributed by atoms with Crippen LogP contribution in [0, 0.1) is 0 Å². The topological polar surface area (TPSA) is 43.7 Å². The van der Waals surface area contributed by atoms with Gasteiger partial charge in [0.2, 0.25) is 0 Å². The number of β-amino-alcohol motifs (C(OH)–C–C–N with tert-alkyl or cyclic N) is 1. The first-order valence-corrected chi connectivity index (χ1v) is 9.70. The third-order valence-electron chi connectivity index (χ3n) is 5.79. The molecule has 1 fully saturated rings. The van der Waals surface area contributed by atoms with E-state index < -0.39 is 11.7 Å². The first kappa shape index (κ1) is 19.1. The quantitative estimate of drug-likeness (QED) is 0.846. The summed E-state index contributed by atoms with van der Waals surface area (Å²) in [4.78, 5) is 2.22. The zero-order valence-electron chi connectivity index (χ0n) is 16.1. The molecule has 2 aromatic rings. The van der Waals surface area contributed by atoms with Crippen molar-refractivity contribution in [1.29, 1.82) is 0 Å². The fourth-order valence-corrected chi connectivity index (χ4v) is 3.96. The summed E-state index contributed by atoms with van der Waals surface area (Å²) in [6.45, 7) is 7.85. The van der Waals surface area contributed by atoms with Crippen molar-refractivity contribution in [2.45, 2.75) is 57.3 Å². The Morgan fingerprint density at radius 1 is 0.923 bits per heavy atom. The van der Waals surface area contributed by atoms with Gasteiger partial charge in [0.15, 0.2) is 0 Å². The predicted octanol–water partition coefficient (Wildman–Crippen LogP) is 4.22. The number of aliphatic hydroxyl groups is 2. The van der Waals surface area contributed by atoms with Crippen LogP contribution >= 0.6 is 0 Å². The zero-order chi connectivity index (χ0) is 18.7. The highest BCUT2D eigenvalue weighted by Crippen LogP contribution is 2.34. The van der Waals surface area contributed by atoms with Gasteiger partial charge < -0.3 is 10.2 Å². The molecule has 2 N–H and O–H groups in total. The van der Waals surface area contributed by atoms with Crippen LogP contribution in [0.5, 0.6) is 0 Å². The van der Waals surface area contributed by atoms with E-state index in [0.29, 0.717) is 12.5 Å². The average Bonchev–Trinajstić information content (AvgIpc) is 2.67. The molecule has 0 amide bonds. The lowest BCUT2D eigenvalue weighted by Gasteiger charge is -2.43. The van der Waals surface area contributed by atoms with E-state index in [-0.39, 0.29) is 6.04 Å². The highest BCUT2D eigenvalue weighted by atomic mass is 16.3. The number of aliphatic hydroxyl groups excluding tert-OH is 1. The number of likely N-dealkylation sites (tertiary alicyclic amines) is 1. The number of benzene rings is 2. The molecule has 0 aliphatic carbocycles. The maximum Gasteiger partial charge on any atom is 0.102 e. The largest absolute Gasteiger partial charge is 0.387 e. The molecular weight excluding hydrogens is 322 g/mol. The molecule has 140 valence electrons. The highest BCUT2D eigenvalue weighted by molar-refractivity contribution is 5.27. The van der Waals surface area contributed by atoms with E-state index in [0.717, 1.165) is 30.5 Å². The van der Waals surface area contributed by atoms with Gasteiger partial charge in [-0.2, -0.15) is 0 Å². The monoisotopic (exact) mass is 353 g/mol. The molecule has 0 bridgehead atoms. The molecule has 3 unspecified atom stereocenters. The second kappa shape index (κ2) is 7.91. The van der Waals surface area contributed by atoms with Crippen molar-refractivity contribution in [3.8, 4) is 0 Å². The Morgan fingerprint density at radius 2 is 1.54 bits per heavy atom. The van der Waals surface area contributed by atoms with Crippen LogP contribution in [0.15, 0.2) is 54.6 Å². The minimum Gasteiger partial charge on any atom is -0.387 e. The first-order chi connectivity index (χ1) is 12.4. The average molecular weight is 354 g/mol. The molecule has 1 saturated heterocycles. The van der Waals surface area contributed by atoms with Crippen molar-refractivity contribution >= 4 is 0 Å². The number of piperidine rings is 1. The summed E-state index contributed by atoms with van der Waals surface area (Å²) < 4.78 is 0. The van der Waals surface area contributed by atoms with Crippen molar-refractivity contribution in [3.63, 3.8) is 0 Å². The van der Waals surface area contributed by atoms with Gasteiger partial charge in [-0.25, -0.2) is 0 Å². The van der Waals surface area contributed by atoms with Crippen LogP contribution < -0.4 is 0 Å². The lowest BCUT2D eigenvalue weighted by Crippen LogP contribution is -2.50. The van der Waals surface area contributed by atoms with E-state index in [4.69, 9.17) is 0 Å². The van der Waals surface area contributed by atoms with Gasteiger partial charge in [-0.15, -0.1) is 0 Å². The van der Waals surface area contributed by atoms with Crippen LogP contribution in [0.1, 0.15) is 62.3 Å². The van der Waals surface area contributed by atoms with Crippen molar-refractivity contribution in [3.05, 3.63) is 71.3 Å². The van der Waals surface area contributed by atoms with Gasteiger partial charge in [0.25, 0.3) is 0 Å². The van der Waals surface area contributed by atoms with E-state index in [1.807, 2.05) is 42.5 Å². The van der Waals surface area contributed by atoms with Gasteiger partial charge in [0, 0.05) is 12.6 Å². The van der Waals surface area contributed by atoms with E-state index in [1.165, 1.54) is 5.56 Å². The smallest absolute Gasteiger partial charge is 0.102 e. The minimum absolute atomic E-state index is 0.0459. The predicted molar refractivity (Wildman–Crippen MR) is 106 cm³/mol. The highest BCUT2D eigenvalue weighted by Gasteiger charge is 2.37. The van der Waals surface area contributed by atoms with E-state index in [2.05, 4.69) is 37.8 Å². The maximum absolute atomic E-state index is 11.2. The van der Waals surface area contributed by atoms with Crippen LogP contribution in [0.4, 0.5) is 0 Å².